The maximum atomic E-state index is 14.1. The molecule has 0 saturated heterocycles. The second-order valence-electron chi connectivity index (χ2n) is 10.9. The number of hydrogen-bond donors (Lipinski definition) is 1. The van der Waals surface area contributed by atoms with Crippen molar-refractivity contribution in [2.24, 2.45) is 5.92 Å². The molecule has 8 heteroatoms. The second-order valence-corrected chi connectivity index (χ2v) is 10.9. The van der Waals surface area contributed by atoms with Crippen LogP contribution in [-0.2, 0) is 21.7 Å². The van der Waals surface area contributed by atoms with E-state index >= 15 is 0 Å². The molecule has 0 aliphatic carbocycles. The molecule has 0 radical (unpaired) electrons. The number of carbonyl (C=O) groups is 1. The van der Waals surface area contributed by atoms with Gasteiger partial charge < -0.3 is 14.6 Å². The van der Waals surface area contributed by atoms with Gasteiger partial charge in [-0.3, -0.25) is 14.3 Å². The Labute approximate surface area is 227 Å². The van der Waals surface area contributed by atoms with E-state index in [0.717, 1.165) is 28.8 Å². The Bertz CT molecular complexity index is 1670. The fourth-order valence-corrected chi connectivity index (χ4v) is 5.88. The van der Waals surface area contributed by atoms with Gasteiger partial charge in [-0.25, -0.2) is 9.78 Å². The fraction of sp³-hybridized carbons (Fsp3) is 0.500. The molecular weight excluding hydrogens is 482 g/mol. The van der Waals surface area contributed by atoms with Crippen LogP contribution in [0, 0.1) is 12.8 Å². The van der Waals surface area contributed by atoms with Crippen molar-refractivity contribution < 1.29 is 23.5 Å². The van der Waals surface area contributed by atoms with E-state index in [9.17, 15) is 16.1 Å². The molecule has 0 amide bonds. The lowest BCUT2D eigenvalue weighted by atomic mass is 9.82. The molecular formula is C30H37N3O5. The predicted molar refractivity (Wildman–Crippen MR) is 146 cm³/mol. The van der Waals surface area contributed by atoms with Crippen molar-refractivity contribution in [1.29, 1.82) is 0 Å². The van der Waals surface area contributed by atoms with Crippen LogP contribution in [0.15, 0.2) is 23.0 Å². The first-order valence-corrected chi connectivity index (χ1v) is 13.1. The molecule has 0 fully saturated rings. The van der Waals surface area contributed by atoms with Gasteiger partial charge in [0.25, 0.3) is 5.56 Å². The Morgan fingerprint density at radius 2 is 2.08 bits per heavy atom. The second kappa shape index (κ2) is 9.20. The number of hydrogen-bond acceptors (Lipinski definition) is 7. The fourth-order valence-electron chi connectivity index (χ4n) is 5.88. The van der Waals surface area contributed by atoms with Crippen molar-refractivity contribution in [2.75, 3.05) is 20.7 Å². The van der Waals surface area contributed by atoms with Gasteiger partial charge in [-0.05, 0) is 70.4 Å². The molecule has 2 aliphatic rings. The Morgan fingerprint density at radius 1 is 1.37 bits per heavy atom. The first-order chi connectivity index (χ1) is 19.1. The number of nitrogens with zero attached hydrogens (tertiary/aromatic N) is 3. The highest BCUT2D eigenvalue weighted by Crippen LogP contribution is 2.45. The number of methoxy groups -OCH3 is 1. The number of esters is 1. The van der Waals surface area contributed by atoms with Crippen LogP contribution in [-0.4, -0.2) is 46.2 Å². The van der Waals surface area contributed by atoms with Crippen LogP contribution in [0.4, 0.5) is 0 Å². The molecule has 0 bridgehead atoms. The highest BCUT2D eigenvalue weighted by atomic mass is 16.6. The summed E-state index contributed by atoms with van der Waals surface area (Å²) in [6, 6.07) is 2.98. The van der Waals surface area contributed by atoms with Gasteiger partial charge in [0.15, 0.2) is 5.60 Å². The van der Waals surface area contributed by atoms with Gasteiger partial charge in [0.05, 0.1) is 39.7 Å². The van der Waals surface area contributed by atoms with Gasteiger partial charge in [-0.1, -0.05) is 20.8 Å². The molecule has 5 rings (SSSR count). The maximum Gasteiger partial charge on any atom is 0.343 e. The third-order valence-corrected chi connectivity index (χ3v) is 8.04. The third kappa shape index (κ3) is 3.68. The molecule has 3 atom stereocenters. The van der Waals surface area contributed by atoms with Crippen molar-refractivity contribution in [2.45, 2.75) is 72.2 Å². The summed E-state index contributed by atoms with van der Waals surface area (Å²) in [5.74, 6) is -0.667. The van der Waals surface area contributed by atoms with Crippen molar-refractivity contribution in [3.05, 3.63) is 56.3 Å². The number of carbonyl (C=O) groups excluding carboxylic acids is 1. The highest BCUT2D eigenvalue weighted by molar-refractivity contribution is 5.91. The number of fused-ring (bicyclic) bond motifs is 5. The molecule has 2 aromatic heterocycles. The predicted octanol–water partition coefficient (Wildman–Crippen LogP) is 4.61. The zero-order valence-corrected chi connectivity index (χ0v) is 23.2. The molecule has 1 aromatic carbocycles. The summed E-state index contributed by atoms with van der Waals surface area (Å²) in [6.07, 6.45) is -0.136. The minimum atomic E-state index is -2.81. The van der Waals surface area contributed by atoms with Gasteiger partial charge >= 0.3 is 5.97 Å². The zero-order valence-electron chi connectivity index (χ0n) is 26.2. The summed E-state index contributed by atoms with van der Waals surface area (Å²) in [5.41, 5.74) is -0.215. The molecule has 202 valence electrons. The minimum absolute atomic E-state index is 0.0143. The van der Waals surface area contributed by atoms with Crippen LogP contribution in [0.2, 0.25) is 0 Å². The van der Waals surface area contributed by atoms with Gasteiger partial charge in [0.1, 0.15) is 12.3 Å². The van der Waals surface area contributed by atoms with Gasteiger partial charge in [-0.2, -0.15) is 0 Å². The Morgan fingerprint density at radius 3 is 2.71 bits per heavy atom. The van der Waals surface area contributed by atoms with Crippen molar-refractivity contribution in [1.82, 2.24) is 14.5 Å². The van der Waals surface area contributed by atoms with E-state index in [1.165, 1.54) is 4.57 Å². The number of pyridine rings is 2. The summed E-state index contributed by atoms with van der Waals surface area (Å²) >= 11 is 0. The van der Waals surface area contributed by atoms with E-state index in [2.05, 4.69) is 18.7 Å². The molecule has 38 heavy (non-hydrogen) atoms. The largest absolute Gasteiger partial charge is 0.496 e. The topological polar surface area (TPSA) is 93.9 Å². The summed E-state index contributed by atoms with van der Waals surface area (Å²) < 4.78 is 38.3. The number of benzene rings is 1. The standard InChI is InChI=1S/C30H37N3O5/c1-9-32(7)18(6)25-20-11-19-17(5)33-24(26(19)31-23(20)10-16(4)27(25)37-8)12-22-21(28(33)34)14-38-29(35)30(22,36)13-15(2)3/h10-12,15,17-18,36H,9,13-14H2,1-8H3/t17?,18?,30-/m0/s1/i12D,14D2. The number of aromatic nitrogens is 2. The van der Waals surface area contributed by atoms with E-state index in [0.29, 0.717) is 16.8 Å². The van der Waals surface area contributed by atoms with Crippen molar-refractivity contribution in [3.63, 3.8) is 0 Å². The van der Waals surface area contributed by atoms with Crippen LogP contribution in [0.3, 0.4) is 0 Å². The smallest absolute Gasteiger partial charge is 0.343 e. The lowest BCUT2D eigenvalue weighted by Gasteiger charge is -2.34. The zero-order chi connectivity index (χ0) is 30.3. The van der Waals surface area contributed by atoms with Gasteiger partial charge in [0.2, 0.25) is 0 Å². The van der Waals surface area contributed by atoms with E-state index in [1.54, 1.807) is 27.9 Å². The normalized spacial score (nSPS) is 23.4. The summed E-state index contributed by atoms with van der Waals surface area (Å²) in [6.45, 7) is 9.49. The molecule has 0 spiro atoms. The van der Waals surface area contributed by atoms with Crippen LogP contribution in [0.1, 0.15) is 85.1 Å². The SMILES string of the molecule is [2H]c1c2c(c(=O)n3c1-c1nc4cc(C)c(OC)c(C(C)N(C)CC)c4cc1C3C)C([2H])([2H])OC(=O)[C@]2(O)CC(C)C. The number of aryl methyl sites for hydroxylation is 1. The minimum Gasteiger partial charge on any atom is -0.496 e. The number of cyclic esters (lactones) is 1. The Hall–Kier alpha value is -3.23. The summed E-state index contributed by atoms with van der Waals surface area (Å²) in [7, 11) is 3.67. The quantitative estimate of drug-likeness (QED) is 0.473. The van der Waals surface area contributed by atoms with Gasteiger partial charge in [0, 0.05) is 28.1 Å². The molecule has 1 N–H and O–H groups in total. The van der Waals surface area contributed by atoms with E-state index in [-0.39, 0.29) is 35.7 Å². The first kappa shape index (κ1) is 22.7. The molecule has 8 nitrogen and oxygen atoms in total. The third-order valence-electron chi connectivity index (χ3n) is 8.04. The van der Waals surface area contributed by atoms with E-state index < -0.39 is 35.3 Å². The average molecular weight is 523 g/mol. The Kier molecular flexibility index (Phi) is 5.50. The van der Waals surface area contributed by atoms with Gasteiger partial charge in [-0.15, -0.1) is 0 Å². The Balaban J connectivity index is 1.88. The van der Waals surface area contributed by atoms with Crippen LogP contribution in [0.5, 0.6) is 5.75 Å². The monoisotopic (exact) mass is 522 g/mol. The summed E-state index contributed by atoms with van der Waals surface area (Å²) in [5, 5.41) is 12.5. The number of ether oxygens (including phenoxy) is 2. The number of aliphatic hydroxyl groups is 1. The lowest BCUT2D eigenvalue weighted by Crippen LogP contribution is -2.45. The van der Waals surface area contributed by atoms with E-state index in [4.69, 9.17) is 17.2 Å². The van der Waals surface area contributed by atoms with Crippen molar-refractivity contribution >= 4 is 16.9 Å². The van der Waals surface area contributed by atoms with E-state index in [1.807, 2.05) is 26.1 Å². The van der Waals surface area contributed by atoms with Crippen LogP contribution < -0.4 is 10.3 Å². The number of rotatable bonds is 6. The van der Waals surface area contributed by atoms with Crippen molar-refractivity contribution in [3.8, 4) is 17.1 Å². The highest BCUT2D eigenvalue weighted by Gasteiger charge is 2.47. The molecule has 4 heterocycles. The lowest BCUT2D eigenvalue weighted by molar-refractivity contribution is -0.174. The molecule has 2 aliphatic heterocycles. The average Bonchev–Trinajstić information content (AvgIpc) is 3.17. The van der Waals surface area contributed by atoms with Crippen LogP contribution in [0.25, 0.3) is 22.3 Å². The molecule has 0 saturated carbocycles. The molecule has 3 aromatic rings. The molecule has 2 unspecified atom stereocenters. The first-order valence-electron chi connectivity index (χ1n) is 14.6. The maximum absolute atomic E-state index is 14.1. The summed E-state index contributed by atoms with van der Waals surface area (Å²) in [4.78, 5) is 34.3. The van der Waals surface area contributed by atoms with Crippen LogP contribution >= 0.6 is 0 Å².